The van der Waals surface area contributed by atoms with Gasteiger partial charge in [-0.3, -0.25) is 20.2 Å². The lowest BCUT2D eigenvalue weighted by molar-refractivity contribution is 0.340. The second-order valence-corrected chi connectivity index (χ2v) is 6.37. The fourth-order valence-corrected chi connectivity index (χ4v) is 3.52. The topological polar surface area (TPSA) is 71.1 Å². The molecule has 3 N–H and O–H groups in total. The summed E-state index contributed by atoms with van der Waals surface area (Å²) in [5, 5.41) is 1.00. The first-order valence-corrected chi connectivity index (χ1v) is 8.61. The monoisotopic (exact) mass is 338 g/mol. The molecule has 1 aromatic carbocycles. The molecule has 0 amide bonds. The van der Waals surface area contributed by atoms with Crippen molar-refractivity contribution in [2.24, 2.45) is 0 Å². The van der Waals surface area contributed by atoms with Crippen molar-refractivity contribution in [1.29, 1.82) is 0 Å². The Kier molecular flexibility index (Phi) is 4.07. The number of hydrogen-bond acceptors (Lipinski definition) is 4. The highest BCUT2D eigenvalue weighted by Crippen LogP contribution is 2.27. The van der Waals surface area contributed by atoms with E-state index in [4.69, 9.17) is 4.74 Å². The van der Waals surface area contributed by atoms with E-state index >= 15 is 0 Å². The van der Waals surface area contributed by atoms with Crippen LogP contribution in [-0.4, -0.2) is 29.2 Å². The van der Waals surface area contributed by atoms with Gasteiger partial charge in [-0.25, -0.2) is 0 Å². The van der Waals surface area contributed by atoms with Gasteiger partial charge in [0.15, 0.2) is 0 Å². The normalized spacial score (nSPS) is 15.1. The van der Waals surface area contributed by atoms with E-state index in [1.165, 1.54) is 5.56 Å². The number of aromatic amines is 1. The van der Waals surface area contributed by atoms with Gasteiger partial charge in [-0.2, -0.15) is 0 Å². The standard InChI is InChI=1S/C19H22N4O2/c1-3-25-14-4-5-17(12(2)8-14)23-11-16(13-9-21-22-10-13)15-6-7-20-18(15)19(23)24/h4-8,11,13,20-22H,3,9-10H2,1-2H3. The number of hydrogen-bond donors (Lipinski definition) is 3. The van der Waals surface area contributed by atoms with Crippen molar-refractivity contribution in [1.82, 2.24) is 20.4 Å². The van der Waals surface area contributed by atoms with Gasteiger partial charge < -0.3 is 9.72 Å². The zero-order valence-corrected chi connectivity index (χ0v) is 14.4. The molecular weight excluding hydrogens is 316 g/mol. The van der Waals surface area contributed by atoms with Gasteiger partial charge in [-0.15, -0.1) is 0 Å². The molecule has 1 saturated heterocycles. The highest BCUT2D eigenvalue weighted by atomic mass is 16.5. The number of aromatic nitrogens is 2. The number of hydrazine groups is 1. The van der Waals surface area contributed by atoms with Gasteiger partial charge in [0.05, 0.1) is 12.3 Å². The average molecular weight is 338 g/mol. The third kappa shape index (κ3) is 2.73. The molecule has 2 aromatic heterocycles. The molecular formula is C19H22N4O2. The molecule has 1 aliphatic heterocycles. The maximum atomic E-state index is 13.0. The summed E-state index contributed by atoms with van der Waals surface area (Å²) in [4.78, 5) is 16.1. The van der Waals surface area contributed by atoms with Crippen LogP contribution < -0.4 is 21.1 Å². The van der Waals surface area contributed by atoms with Gasteiger partial charge in [-0.05, 0) is 49.2 Å². The maximum Gasteiger partial charge on any atom is 0.279 e. The average Bonchev–Trinajstić information content (AvgIpc) is 3.28. The van der Waals surface area contributed by atoms with E-state index in [0.717, 1.165) is 35.5 Å². The number of nitrogens with one attached hydrogen (secondary N) is 3. The van der Waals surface area contributed by atoms with Gasteiger partial charge >= 0.3 is 0 Å². The van der Waals surface area contributed by atoms with Crippen LogP contribution in [0.4, 0.5) is 0 Å². The fourth-order valence-electron chi connectivity index (χ4n) is 3.52. The molecule has 0 aliphatic carbocycles. The Morgan fingerprint density at radius 2 is 2.04 bits per heavy atom. The molecule has 130 valence electrons. The van der Waals surface area contributed by atoms with E-state index in [2.05, 4.69) is 15.8 Å². The Morgan fingerprint density at radius 3 is 2.76 bits per heavy atom. The summed E-state index contributed by atoms with van der Waals surface area (Å²) in [5.74, 6) is 1.15. The Labute approximate surface area is 145 Å². The lowest BCUT2D eigenvalue weighted by atomic mass is 9.98. The molecule has 0 saturated carbocycles. The first-order valence-electron chi connectivity index (χ1n) is 8.61. The number of benzene rings is 1. The molecule has 0 unspecified atom stereocenters. The van der Waals surface area contributed by atoms with Crippen LogP contribution in [0.1, 0.15) is 24.0 Å². The van der Waals surface area contributed by atoms with E-state index in [-0.39, 0.29) is 5.56 Å². The van der Waals surface area contributed by atoms with Crippen molar-refractivity contribution < 1.29 is 4.74 Å². The molecule has 25 heavy (non-hydrogen) atoms. The van der Waals surface area contributed by atoms with Crippen LogP contribution in [0, 0.1) is 6.92 Å². The third-order valence-electron chi connectivity index (χ3n) is 4.76. The van der Waals surface area contributed by atoms with E-state index < -0.39 is 0 Å². The fraction of sp³-hybridized carbons (Fsp3) is 0.316. The molecule has 0 bridgehead atoms. The number of rotatable bonds is 4. The van der Waals surface area contributed by atoms with Crippen LogP contribution in [0.2, 0.25) is 0 Å². The van der Waals surface area contributed by atoms with Gasteiger partial charge in [0.2, 0.25) is 0 Å². The summed E-state index contributed by atoms with van der Waals surface area (Å²) in [6.07, 6.45) is 3.82. The smallest absolute Gasteiger partial charge is 0.279 e. The van der Waals surface area contributed by atoms with Crippen LogP contribution in [0.25, 0.3) is 16.6 Å². The van der Waals surface area contributed by atoms with Crippen molar-refractivity contribution in [2.75, 3.05) is 19.7 Å². The van der Waals surface area contributed by atoms with Crippen molar-refractivity contribution in [3.05, 3.63) is 58.1 Å². The SMILES string of the molecule is CCOc1ccc(-n2cc(C3CNNC3)c3cc[nH]c3c2=O)c(C)c1. The number of ether oxygens (including phenoxy) is 1. The summed E-state index contributed by atoms with van der Waals surface area (Å²) in [7, 11) is 0. The lowest BCUT2D eigenvalue weighted by Gasteiger charge is -2.16. The lowest BCUT2D eigenvalue weighted by Crippen LogP contribution is -2.21. The number of pyridine rings is 1. The summed E-state index contributed by atoms with van der Waals surface area (Å²) >= 11 is 0. The molecule has 0 atom stereocenters. The predicted molar refractivity (Wildman–Crippen MR) is 98.5 cm³/mol. The number of nitrogens with zero attached hydrogens (tertiary/aromatic N) is 1. The van der Waals surface area contributed by atoms with Gasteiger partial charge in [0.1, 0.15) is 11.3 Å². The summed E-state index contributed by atoms with van der Waals surface area (Å²) in [6.45, 7) is 6.28. The summed E-state index contributed by atoms with van der Waals surface area (Å²) in [5.41, 5.74) is 10.0. The highest BCUT2D eigenvalue weighted by Gasteiger charge is 2.22. The minimum atomic E-state index is -0.0325. The molecule has 3 aromatic rings. The summed E-state index contributed by atoms with van der Waals surface area (Å²) < 4.78 is 7.31. The molecule has 0 radical (unpaired) electrons. The molecule has 6 heteroatoms. The molecule has 0 spiro atoms. The van der Waals surface area contributed by atoms with Gasteiger partial charge in [0.25, 0.3) is 5.56 Å². The first-order chi connectivity index (χ1) is 12.2. The van der Waals surface area contributed by atoms with Crippen LogP contribution >= 0.6 is 0 Å². The van der Waals surface area contributed by atoms with E-state index in [1.807, 2.05) is 50.5 Å². The second kappa shape index (κ2) is 6.38. The largest absolute Gasteiger partial charge is 0.494 e. The van der Waals surface area contributed by atoms with E-state index in [9.17, 15) is 4.79 Å². The highest BCUT2D eigenvalue weighted by molar-refractivity contribution is 5.83. The van der Waals surface area contributed by atoms with Crippen LogP contribution in [-0.2, 0) is 0 Å². The van der Waals surface area contributed by atoms with Gasteiger partial charge in [0, 0.05) is 36.8 Å². The molecule has 6 nitrogen and oxygen atoms in total. The number of aryl methyl sites for hydroxylation is 1. The van der Waals surface area contributed by atoms with Crippen LogP contribution in [0.15, 0.2) is 41.5 Å². The van der Waals surface area contributed by atoms with Crippen molar-refractivity contribution in [3.8, 4) is 11.4 Å². The van der Waals surface area contributed by atoms with Crippen molar-refractivity contribution in [3.63, 3.8) is 0 Å². The molecule has 4 rings (SSSR count). The first kappa shape index (κ1) is 15.9. The molecule has 1 aliphatic rings. The Morgan fingerprint density at radius 1 is 1.24 bits per heavy atom. The minimum Gasteiger partial charge on any atom is -0.494 e. The predicted octanol–water partition coefficient (Wildman–Crippen LogP) is 2.22. The minimum absolute atomic E-state index is 0.0325. The summed E-state index contributed by atoms with van der Waals surface area (Å²) in [6, 6.07) is 7.82. The molecule has 3 heterocycles. The Balaban J connectivity index is 1.90. The van der Waals surface area contributed by atoms with E-state index in [0.29, 0.717) is 18.0 Å². The zero-order chi connectivity index (χ0) is 17.4. The Bertz CT molecular complexity index is 967. The second-order valence-electron chi connectivity index (χ2n) is 6.37. The third-order valence-corrected chi connectivity index (χ3v) is 4.76. The van der Waals surface area contributed by atoms with Gasteiger partial charge in [-0.1, -0.05) is 0 Å². The number of H-pyrrole nitrogens is 1. The van der Waals surface area contributed by atoms with Crippen molar-refractivity contribution >= 4 is 10.9 Å². The zero-order valence-electron chi connectivity index (χ0n) is 14.4. The van der Waals surface area contributed by atoms with Crippen LogP contribution in [0.5, 0.6) is 5.75 Å². The van der Waals surface area contributed by atoms with E-state index in [1.54, 1.807) is 4.57 Å². The van der Waals surface area contributed by atoms with Crippen LogP contribution in [0.3, 0.4) is 0 Å². The van der Waals surface area contributed by atoms with Crippen molar-refractivity contribution in [2.45, 2.75) is 19.8 Å². The Hall–Kier alpha value is -2.57. The quantitative estimate of drug-likeness (QED) is 0.682. The number of fused-ring (bicyclic) bond motifs is 1. The maximum absolute atomic E-state index is 13.0. The molecule has 1 fully saturated rings.